The van der Waals surface area contributed by atoms with E-state index < -0.39 is 15.6 Å². The molecule has 0 unspecified atom stereocenters. The van der Waals surface area contributed by atoms with Gasteiger partial charge in [-0.25, -0.2) is 13.4 Å². The largest absolute Gasteiger partial charge is 0.440 e. The van der Waals surface area contributed by atoms with Gasteiger partial charge in [0.25, 0.3) is 0 Å². The summed E-state index contributed by atoms with van der Waals surface area (Å²) in [7, 11) is -3.61. The van der Waals surface area contributed by atoms with Crippen LogP contribution in [0.2, 0.25) is 0 Å². The van der Waals surface area contributed by atoms with E-state index in [-0.39, 0.29) is 23.6 Å². The number of rotatable bonds is 7. The van der Waals surface area contributed by atoms with E-state index in [9.17, 15) is 13.2 Å². The summed E-state index contributed by atoms with van der Waals surface area (Å²) in [5, 5.41) is 0. The van der Waals surface area contributed by atoms with Crippen molar-refractivity contribution in [1.82, 2.24) is 9.88 Å². The SMILES string of the molecule is CCN(C(=O)CS(=O)(=O)Cc1ncc(-c2ccccc2)o1)C1CC1. The normalized spacial score (nSPS) is 14.5. The molecule has 0 saturated heterocycles. The molecule has 2 aromatic rings. The van der Waals surface area contributed by atoms with Crippen LogP contribution in [0, 0.1) is 0 Å². The van der Waals surface area contributed by atoms with Crippen molar-refractivity contribution in [3.05, 3.63) is 42.4 Å². The first-order valence-corrected chi connectivity index (χ1v) is 9.80. The molecule has 1 aromatic carbocycles. The van der Waals surface area contributed by atoms with E-state index in [1.54, 1.807) is 4.90 Å². The van der Waals surface area contributed by atoms with Crippen molar-refractivity contribution >= 4 is 15.7 Å². The first kappa shape index (κ1) is 16.7. The minimum Gasteiger partial charge on any atom is -0.440 e. The molecule has 0 radical (unpaired) electrons. The van der Waals surface area contributed by atoms with Gasteiger partial charge in [0.15, 0.2) is 15.6 Å². The fourth-order valence-electron chi connectivity index (χ4n) is 2.65. The van der Waals surface area contributed by atoms with Crippen molar-refractivity contribution in [3.8, 4) is 11.3 Å². The van der Waals surface area contributed by atoms with Crippen LogP contribution in [0.3, 0.4) is 0 Å². The average Bonchev–Trinajstić information content (AvgIpc) is 3.26. The number of sulfone groups is 1. The third-order valence-electron chi connectivity index (χ3n) is 3.95. The van der Waals surface area contributed by atoms with Gasteiger partial charge in [0.05, 0.1) is 6.20 Å². The summed E-state index contributed by atoms with van der Waals surface area (Å²) in [6.07, 6.45) is 3.42. The van der Waals surface area contributed by atoms with Gasteiger partial charge >= 0.3 is 0 Å². The van der Waals surface area contributed by atoms with Gasteiger partial charge in [-0.15, -0.1) is 0 Å². The maximum atomic E-state index is 12.3. The van der Waals surface area contributed by atoms with E-state index in [1.807, 2.05) is 37.3 Å². The fourth-order valence-corrected chi connectivity index (χ4v) is 3.80. The van der Waals surface area contributed by atoms with Crippen LogP contribution in [-0.2, 0) is 20.4 Å². The monoisotopic (exact) mass is 348 g/mol. The number of aromatic nitrogens is 1. The van der Waals surface area contributed by atoms with E-state index >= 15 is 0 Å². The lowest BCUT2D eigenvalue weighted by Crippen LogP contribution is -2.37. The van der Waals surface area contributed by atoms with Gasteiger partial charge in [-0.05, 0) is 19.8 Å². The van der Waals surface area contributed by atoms with Crippen LogP contribution in [0.5, 0.6) is 0 Å². The molecule has 1 fully saturated rings. The summed E-state index contributed by atoms with van der Waals surface area (Å²) in [6, 6.07) is 9.54. The maximum absolute atomic E-state index is 12.3. The molecule has 1 saturated carbocycles. The molecule has 1 aromatic heterocycles. The number of hydrogen-bond donors (Lipinski definition) is 0. The zero-order valence-electron chi connectivity index (χ0n) is 13.5. The molecule has 1 aliphatic carbocycles. The Bertz CT molecular complexity index is 810. The van der Waals surface area contributed by atoms with Gasteiger partial charge in [0, 0.05) is 18.2 Å². The first-order chi connectivity index (χ1) is 11.5. The Labute approximate surface area is 141 Å². The van der Waals surface area contributed by atoms with Crippen LogP contribution >= 0.6 is 0 Å². The highest BCUT2D eigenvalue weighted by Crippen LogP contribution is 2.27. The van der Waals surface area contributed by atoms with E-state index in [0.717, 1.165) is 18.4 Å². The molecule has 1 heterocycles. The lowest BCUT2D eigenvalue weighted by atomic mass is 10.2. The fraction of sp³-hybridized carbons (Fsp3) is 0.412. The predicted molar refractivity (Wildman–Crippen MR) is 89.8 cm³/mol. The Kier molecular flexibility index (Phi) is 4.71. The van der Waals surface area contributed by atoms with Gasteiger partial charge in [0.1, 0.15) is 11.5 Å². The molecule has 0 aliphatic heterocycles. The number of hydrogen-bond acceptors (Lipinski definition) is 5. The lowest BCUT2D eigenvalue weighted by Gasteiger charge is -2.19. The number of nitrogens with zero attached hydrogens (tertiary/aromatic N) is 2. The summed E-state index contributed by atoms with van der Waals surface area (Å²) < 4.78 is 30.1. The van der Waals surface area contributed by atoms with Gasteiger partial charge in [-0.2, -0.15) is 0 Å². The van der Waals surface area contributed by atoms with E-state index in [0.29, 0.717) is 12.3 Å². The zero-order chi connectivity index (χ0) is 17.2. The molecule has 0 N–H and O–H groups in total. The topological polar surface area (TPSA) is 80.5 Å². The number of oxazole rings is 1. The van der Waals surface area contributed by atoms with E-state index in [4.69, 9.17) is 4.42 Å². The molecule has 3 rings (SSSR count). The molecule has 1 amide bonds. The second-order valence-corrected chi connectivity index (χ2v) is 7.99. The minimum absolute atomic E-state index is 0.108. The number of benzene rings is 1. The van der Waals surface area contributed by atoms with E-state index in [1.165, 1.54) is 6.20 Å². The highest BCUT2D eigenvalue weighted by molar-refractivity contribution is 7.91. The van der Waals surface area contributed by atoms with Crippen LogP contribution in [0.1, 0.15) is 25.7 Å². The smallest absolute Gasteiger partial charge is 0.238 e. The summed E-state index contributed by atoms with van der Waals surface area (Å²) in [5.74, 6) is -0.583. The average molecular weight is 348 g/mol. The highest BCUT2D eigenvalue weighted by atomic mass is 32.2. The second kappa shape index (κ2) is 6.76. The third kappa shape index (κ3) is 4.03. The van der Waals surface area contributed by atoms with Gasteiger partial charge < -0.3 is 9.32 Å². The van der Waals surface area contributed by atoms with Crippen molar-refractivity contribution in [2.45, 2.75) is 31.6 Å². The Balaban J connectivity index is 1.66. The van der Waals surface area contributed by atoms with Crippen LogP contribution in [-0.4, -0.2) is 42.5 Å². The first-order valence-electron chi connectivity index (χ1n) is 7.98. The Morgan fingerprint density at radius 2 is 2.00 bits per heavy atom. The molecule has 24 heavy (non-hydrogen) atoms. The van der Waals surface area contributed by atoms with Crippen molar-refractivity contribution < 1.29 is 17.6 Å². The number of carbonyl (C=O) groups is 1. The van der Waals surface area contributed by atoms with Crippen molar-refractivity contribution in [2.75, 3.05) is 12.3 Å². The quantitative estimate of drug-likeness (QED) is 0.767. The summed E-state index contributed by atoms with van der Waals surface area (Å²) in [4.78, 5) is 17.9. The van der Waals surface area contributed by atoms with Gasteiger partial charge in [-0.1, -0.05) is 30.3 Å². The lowest BCUT2D eigenvalue weighted by molar-refractivity contribution is -0.128. The molecule has 128 valence electrons. The molecular formula is C17H20N2O4S. The minimum atomic E-state index is -3.61. The molecule has 1 aliphatic rings. The Morgan fingerprint density at radius 1 is 1.29 bits per heavy atom. The maximum Gasteiger partial charge on any atom is 0.238 e. The van der Waals surface area contributed by atoms with Crippen LogP contribution in [0.4, 0.5) is 0 Å². The number of carbonyl (C=O) groups excluding carboxylic acids is 1. The molecule has 7 heteroatoms. The molecule has 6 nitrogen and oxygen atoms in total. The summed E-state index contributed by atoms with van der Waals surface area (Å²) in [5.41, 5.74) is 0.829. The van der Waals surface area contributed by atoms with Gasteiger partial charge in [0.2, 0.25) is 11.8 Å². The van der Waals surface area contributed by atoms with Crippen molar-refractivity contribution in [1.29, 1.82) is 0 Å². The summed E-state index contributed by atoms with van der Waals surface area (Å²) in [6.45, 7) is 2.40. The van der Waals surface area contributed by atoms with Crippen molar-refractivity contribution in [2.24, 2.45) is 0 Å². The standard InChI is InChI=1S/C17H20N2O4S/c1-2-19(14-8-9-14)17(20)12-24(21,22)11-16-18-10-15(23-16)13-6-4-3-5-7-13/h3-7,10,14H,2,8-9,11-12H2,1H3. The molecule has 0 bridgehead atoms. The summed E-state index contributed by atoms with van der Waals surface area (Å²) >= 11 is 0. The van der Waals surface area contributed by atoms with Crippen molar-refractivity contribution in [3.63, 3.8) is 0 Å². The molecular weight excluding hydrogens is 328 g/mol. The number of amides is 1. The zero-order valence-corrected chi connectivity index (χ0v) is 14.3. The molecule has 0 spiro atoms. The third-order valence-corrected chi connectivity index (χ3v) is 5.32. The predicted octanol–water partition coefficient (Wildman–Crippen LogP) is 2.27. The van der Waals surface area contributed by atoms with Gasteiger partial charge in [-0.3, -0.25) is 4.79 Å². The molecule has 0 atom stereocenters. The Morgan fingerprint density at radius 3 is 2.62 bits per heavy atom. The second-order valence-electron chi connectivity index (χ2n) is 5.93. The van der Waals surface area contributed by atoms with E-state index in [2.05, 4.69) is 4.98 Å². The van der Waals surface area contributed by atoms with Crippen LogP contribution < -0.4 is 0 Å². The van der Waals surface area contributed by atoms with Crippen LogP contribution in [0.15, 0.2) is 40.9 Å². The van der Waals surface area contributed by atoms with Crippen LogP contribution in [0.25, 0.3) is 11.3 Å². The Hall–Kier alpha value is -2.15. The highest BCUT2D eigenvalue weighted by Gasteiger charge is 2.33.